The quantitative estimate of drug-likeness (QED) is 0.373. The molecule has 0 aliphatic rings. The molecule has 0 bridgehead atoms. The normalized spacial score (nSPS) is 10.7. The highest BCUT2D eigenvalue weighted by atomic mass is 16.6. The molecule has 0 unspecified atom stereocenters. The predicted octanol–water partition coefficient (Wildman–Crippen LogP) is 3.77. The van der Waals surface area contributed by atoms with Crippen LogP contribution in [0, 0.1) is 10.1 Å². The standard InChI is InChI=1S/C19H18N2O4/c22-19-11-8-15-14-16(21(23)24)9-10-18(15)20(19)12-4-5-13-25-17-6-2-1-3-7-17/h1-3,6-11,14H,4-5,12-13H2. The number of nitro groups is 1. The highest BCUT2D eigenvalue weighted by molar-refractivity contribution is 5.81. The molecule has 3 rings (SSSR count). The van der Waals surface area contributed by atoms with Gasteiger partial charge in [0.25, 0.3) is 11.2 Å². The first-order valence-corrected chi connectivity index (χ1v) is 8.11. The van der Waals surface area contributed by atoms with Crippen molar-refractivity contribution in [1.82, 2.24) is 4.57 Å². The van der Waals surface area contributed by atoms with Gasteiger partial charge in [-0.05, 0) is 37.1 Å². The molecular weight excluding hydrogens is 320 g/mol. The summed E-state index contributed by atoms with van der Waals surface area (Å²) in [5.74, 6) is 0.831. The maximum Gasteiger partial charge on any atom is 0.270 e. The van der Waals surface area contributed by atoms with Crippen molar-refractivity contribution in [1.29, 1.82) is 0 Å². The molecular formula is C19H18N2O4. The van der Waals surface area contributed by atoms with E-state index in [9.17, 15) is 14.9 Å². The van der Waals surface area contributed by atoms with E-state index in [0.717, 1.165) is 18.6 Å². The molecule has 128 valence electrons. The van der Waals surface area contributed by atoms with Gasteiger partial charge in [-0.2, -0.15) is 0 Å². The number of non-ortho nitro benzene ring substituents is 1. The topological polar surface area (TPSA) is 74.4 Å². The van der Waals surface area contributed by atoms with Gasteiger partial charge in [-0.15, -0.1) is 0 Å². The second-order valence-corrected chi connectivity index (χ2v) is 5.69. The summed E-state index contributed by atoms with van der Waals surface area (Å²) in [4.78, 5) is 22.6. The van der Waals surface area contributed by atoms with Crippen molar-refractivity contribution in [3.63, 3.8) is 0 Å². The molecule has 2 aromatic carbocycles. The molecule has 0 atom stereocenters. The number of hydrogen-bond donors (Lipinski definition) is 0. The predicted molar refractivity (Wildman–Crippen MR) is 96.0 cm³/mol. The second kappa shape index (κ2) is 7.61. The Balaban J connectivity index is 1.65. The van der Waals surface area contributed by atoms with Gasteiger partial charge in [0.15, 0.2) is 0 Å². The van der Waals surface area contributed by atoms with Gasteiger partial charge >= 0.3 is 0 Å². The molecule has 3 aromatic rings. The lowest BCUT2D eigenvalue weighted by Crippen LogP contribution is -2.19. The van der Waals surface area contributed by atoms with E-state index >= 15 is 0 Å². The van der Waals surface area contributed by atoms with Gasteiger partial charge < -0.3 is 9.30 Å². The van der Waals surface area contributed by atoms with Crippen LogP contribution in [0.2, 0.25) is 0 Å². The molecule has 0 saturated carbocycles. The molecule has 0 aliphatic carbocycles. The number of benzene rings is 2. The first kappa shape index (κ1) is 16.7. The Morgan fingerprint density at radius 1 is 1.00 bits per heavy atom. The van der Waals surface area contributed by atoms with Gasteiger partial charge in [0.2, 0.25) is 0 Å². The number of aromatic nitrogens is 1. The van der Waals surface area contributed by atoms with Crippen LogP contribution in [-0.2, 0) is 6.54 Å². The Morgan fingerprint density at radius 2 is 1.80 bits per heavy atom. The van der Waals surface area contributed by atoms with Gasteiger partial charge in [0, 0.05) is 30.1 Å². The number of para-hydroxylation sites is 1. The lowest BCUT2D eigenvalue weighted by atomic mass is 10.2. The summed E-state index contributed by atoms with van der Waals surface area (Å²) >= 11 is 0. The van der Waals surface area contributed by atoms with E-state index in [2.05, 4.69) is 0 Å². The fourth-order valence-electron chi connectivity index (χ4n) is 2.71. The van der Waals surface area contributed by atoms with Crippen LogP contribution < -0.4 is 10.3 Å². The van der Waals surface area contributed by atoms with Crippen LogP contribution in [-0.4, -0.2) is 16.1 Å². The molecule has 1 aromatic heterocycles. The molecule has 1 heterocycles. The zero-order valence-corrected chi connectivity index (χ0v) is 13.6. The second-order valence-electron chi connectivity index (χ2n) is 5.69. The smallest absolute Gasteiger partial charge is 0.270 e. The van der Waals surface area contributed by atoms with Crippen LogP contribution in [0.5, 0.6) is 5.75 Å². The minimum Gasteiger partial charge on any atom is -0.494 e. The summed E-state index contributed by atoms with van der Waals surface area (Å²) in [7, 11) is 0. The highest BCUT2D eigenvalue weighted by Gasteiger charge is 2.09. The molecule has 0 fully saturated rings. The minimum absolute atomic E-state index is 0.0222. The first-order valence-electron chi connectivity index (χ1n) is 8.11. The van der Waals surface area contributed by atoms with E-state index in [4.69, 9.17) is 4.74 Å². The summed E-state index contributed by atoms with van der Waals surface area (Å²) in [5.41, 5.74) is 0.626. The number of hydrogen-bond acceptors (Lipinski definition) is 4. The van der Waals surface area contributed by atoms with E-state index in [1.54, 1.807) is 16.7 Å². The monoisotopic (exact) mass is 338 g/mol. The van der Waals surface area contributed by atoms with Crippen LogP contribution in [0.4, 0.5) is 5.69 Å². The third kappa shape index (κ3) is 4.03. The van der Waals surface area contributed by atoms with Crippen molar-refractivity contribution < 1.29 is 9.66 Å². The first-order chi connectivity index (χ1) is 12.1. The number of pyridine rings is 1. The molecule has 0 aliphatic heterocycles. The Labute approximate surface area is 144 Å². The van der Waals surface area contributed by atoms with E-state index in [-0.39, 0.29) is 11.2 Å². The Kier molecular flexibility index (Phi) is 5.09. The highest BCUT2D eigenvalue weighted by Crippen LogP contribution is 2.20. The van der Waals surface area contributed by atoms with E-state index in [0.29, 0.717) is 24.1 Å². The molecule has 0 amide bonds. The maximum atomic E-state index is 12.1. The van der Waals surface area contributed by atoms with Crippen molar-refractivity contribution in [3.8, 4) is 5.75 Å². The van der Waals surface area contributed by atoms with Gasteiger partial charge in [-0.3, -0.25) is 14.9 Å². The van der Waals surface area contributed by atoms with Gasteiger partial charge in [-0.25, -0.2) is 0 Å². The third-order valence-electron chi connectivity index (χ3n) is 3.97. The van der Waals surface area contributed by atoms with Crippen LogP contribution in [0.15, 0.2) is 65.5 Å². The lowest BCUT2D eigenvalue weighted by Gasteiger charge is -2.10. The van der Waals surface area contributed by atoms with Crippen LogP contribution >= 0.6 is 0 Å². The molecule has 6 nitrogen and oxygen atoms in total. The number of nitro benzene ring substituents is 1. The van der Waals surface area contributed by atoms with E-state index in [1.807, 2.05) is 30.3 Å². The molecule has 0 radical (unpaired) electrons. The van der Waals surface area contributed by atoms with Crippen LogP contribution in [0.1, 0.15) is 12.8 Å². The largest absolute Gasteiger partial charge is 0.494 e. The molecule has 0 N–H and O–H groups in total. The minimum atomic E-state index is -0.435. The summed E-state index contributed by atoms with van der Waals surface area (Å²) < 4.78 is 7.30. The fourth-order valence-corrected chi connectivity index (χ4v) is 2.71. The summed E-state index contributed by atoms with van der Waals surface area (Å²) in [5, 5.41) is 11.6. The number of aryl methyl sites for hydroxylation is 1. The molecule has 6 heteroatoms. The van der Waals surface area contributed by atoms with Crippen LogP contribution in [0.3, 0.4) is 0 Å². The summed E-state index contributed by atoms with van der Waals surface area (Å²) in [6.07, 6.45) is 1.59. The van der Waals surface area contributed by atoms with Gasteiger partial charge in [0.1, 0.15) is 5.75 Å². The average molecular weight is 338 g/mol. The van der Waals surface area contributed by atoms with Crippen molar-refractivity contribution in [2.75, 3.05) is 6.61 Å². The molecule has 0 spiro atoms. The van der Waals surface area contributed by atoms with Crippen LogP contribution in [0.25, 0.3) is 10.9 Å². The average Bonchev–Trinajstić information content (AvgIpc) is 2.63. The molecule has 0 saturated heterocycles. The lowest BCUT2D eigenvalue weighted by molar-refractivity contribution is -0.384. The SMILES string of the molecule is O=c1ccc2cc([N+](=O)[O-])ccc2n1CCCCOc1ccccc1. The third-order valence-corrected chi connectivity index (χ3v) is 3.97. The van der Waals surface area contributed by atoms with E-state index in [1.165, 1.54) is 18.2 Å². The Morgan fingerprint density at radius 3 is 2.56 bits per heavy atom. The number of fused-ring (bicyclic) bond motifs is 1. The van der Waals surface area contributed by atoms with Gasteiger partial charge in [-0.1, -0.05) is 18.2 Å². The number of rotatable bonds is 7. The van der Waals surface area contributed by atoms with Crippen molar-refractivity contribution >= 4 is 16.6 Å². The maximum absolute atomic E-state index is 12.1. The number of nitrogens with zero attached hydrogens (tertiary/aromatic N) is 2. The number of ether oxygens (including phenoxy) is 1. The van der Waals surface area contributed by atoms with Gasteiger partial charge in [0.05, 0.1) is 17.0 Å². The van der Waals surface area contributed by atoms with Crippen molar-refractivity contribution in [2.45, 2.75) is 19.4 Å². The Bertz CT molecular complexity index is 935. The zero-order chi connectivity index (χ0) is 17.6. The number of unbranched alkanes of at least 4 members (excludes halogenated alkanes) is 1. The Hall–Kier alpha value is -3.15. The van der Waals surface area contributed by atoms with Crippen molar-refractivity contribution in [2.24, 2.45) is 0 Å². The zero-order valence-electron chi connectivity index (χ0n) is 13.6. The fraction of sp³-hybridized carbons (Fsp3) is 0.211. The summed E-state index contributed by atoms with van der Waals surface area (Å²) in [6, 6.07) is 17.2. The van der Waals surface area contributed by atoms with E-state index < -0.39 is 4.92 Å². The summed E-state index contributed by atoms with van der Waals surface area (Å²) in [6.45, 7) is 1.13. The molecule has 25 heavy (non-hydrogen) atoms. The van der Waals surface area contributed by atoms with Crippen molar-refractivity contribution in [3.05, 3.63) is 81.1 Å².